The van der Waals surface area contributed by atoms with Crippen LogP contribution in [0.5, 0.6) is 0 Å². The smallest absolute Gasteiger partial charge is 0.317 e. The van der Waals surface area contributed by atoms with E-state index in [9.17, 15) is 9.59 Å². The van der Waals surface area contributed by atoms with E-state index < -0.39 is 11.9 Å². The predicted molar refractivity (Wildman–Crippen MR) is 86.9 cm³/mol. The molecule has 0 aliphatic heterocycles. The van der Waals surface area contributed by atoms with E-state index in [0.29, 0.717) is 6.54 Å². The van der Waals surface area contributed by atoms with E-state index >= 15 is 0 Å². The topological polar surface area (TPSA) is 81.7 Å². The second-order valence-corrected chi connectivity index (χ2v) is 5.40. The number of carboxylic acid groups (broad SMARTS) is 1. The summed E-state index contributed by atoms with van der Waals surface area (Å²) in [6.45, 7) is 5.22. The number of hydrogen-bond acceptors (Lipinski definition) is 3. The summed E-state index contributed by atoms with van der Waals surface area (Å²) in [6.07, 6.45) is 1.07. The third-order valence-corrected chi connectivity index (χ3v) is 3.29. The van der Waals surface area contributed by atoms with Crippen molar-refractivity contribution in [3.8, 4) is 0 Å². The number of anilines is 1. The molecule has 6 nitrogen and oxygen atoms in total. The molecule has 3 N–H and O–H groups in total. The molecule has 0 saturated heterocycles. The van der Waals surface area contributed by atoms with Gasteiger partial charge in [0.1, 0.15) is 0 Å². The van der Waals surface area contributed by atoms with E-state index in [4.69, 9.17) is 5.11 Å². The molecule has 6 heteroatoms. The quantitative estimate of drug-likeness (QED) is 0.688. The molecule has 122 valence electrons. The molecule has 0 aliphatic rings. The summed E-state index contributed by atoms with van der Waals surface area (Å²) in [5.74, 6) is -1.49. The highest BCUT2D eigenvalue weighted by Crippen LogP contribution is 2.09. The lowest BCUT2D eigenvalue weighted by atomic mass is 10.2. The van der Waals surface area contributed by atoms with Gasteiger partial charge < -0.3 is 20.6 Å². The van der Waals surface area contributed by atoms with Gasteiger partial charge in [-0.1, -0.05) is 26.0 Å². The fourth-order valence-electron chi connectivity index (χ4n) is 1.89. The van der Waals surface area contributed by atoms with Crippen molar-refractivity contribution < 1.29 is 14.7 Å². The van der Waals surface area contributed by atoms with Crippen molar-refractivity contribution in [3.05, 3.63) is 29.8 Å². The maximum atomic E-state index is 11.9. The number of hydrogen-bond donors (Lipinski definition) is 3. The molecule has 0 spiro atoms. The van der Waals surface area contributed by atoms with E-state index in [0.717, 1.165) is 24.2 Å². The molecular formula is C16H25N3O3. The molecule has 1 aromatic rings. The van der Waals surface area contributed by atoms with Crippen molar-refractivity contribution in [2.45, 2.75) is 26.8 Å². The van der Waals surface area contributed by atoms with Crippen LogP contribution in [0.3, 0.4) is 0 Å². The summed E-state index contributed by atoms with van der Waals surface area (Å²) < 4.78 is 0. The zero-order chi connectivity index (χ0) is 16.5. The molecule has 0 bridgehead atoms. The number of carboxylic acids is 1. The molecule has 0 aliphatic carbocycles. The Morgan fingerprint density at radius 1 is 1.27 bits per heavy atom. The Balaban J connectivity index is 2.41. The Morgan fingerprint density at radius 2 is 1.91 bits per heavy atom. The SMILES string of the molecule is CCCNc1ccc(CNC(=O)N(C)CC(C)C(=O)O)cc1. The lowest BCUT2D eigenvalue weighted by Crippen LogP contribution is -2.40. The highest BCUT2D eigenvalue weighted by molar-refractivity contribution is 5.75. The average molecular weight is 307 g/mol. The van der Waals surface area contributed by atoms with Gasteiger partial charge in [0.25, 0.3) is 0 Å². The number of carbonyl (C=O) groups is 2. The molecule has 0 heterocycles. The third-order valence-electron chi connectivity index (χ3n) is 3.29. The van der Waals surface area contributed by atoms with Crippen LogP contribution in [0.25, 0.3) is 0 Å². The van der Waals surface area contributed by atoms with Crippen LogP contribution in [0.4, 0.5) is 10.5 Å². The van der Waals surface area contributed by atoms with Crippen molar-refractivity contribution in [2.75, 3.05) is 25.5 Å². The molecule has 0 saturated carbocycles. The minimum Gasteiger partial charge on any atom is -0.481 e. The fraction of sp³-hybridized carbons (Fsp3) is 0.500. The summed E-state index contributed by atoms with van der Waals surface area (Å²) in [6, 6.07) is 7.60. The summed E-state index contributed by atoms with van der Waals surface area (Å²) in [7, 11) is 1.59. The summed E-state index contributed by atoms with van der Waals surface area (Å²) >= 11 is 0. The maximum absolute atomic E-state index is 11.9. The van der Waals surface area contributed by atoms with Crippen LogP contribution in [0.2, 0.25) is 0 Å². The van der Waals surface area contributed by atoms with E-state index in [2.05, 4.69) is 17.6 Å². The first-order chi connectivity index (χ1) is 10.4. The fourth-order valence-corrected chi connectivity index (χ4v) is 1.89. The van der Waals surface area contributed by atoms with Gasteiger partial charge >= 0.3 is 12.0 Å². The number of nitrogens with zero attached hydrogens (tertiary/aromatic N) is 1. The first-order valence-corrected chi connectivity index (χ1v) is 7.48. The number of amides is 2. The van der Waals surface area contributed by atoms with Gasteiger partial charge in [0.05, 0.1) is 5.92 Å². The molecule has 1 rings (SSSR count). The van der Waals surface area contributed by atoms with Crippen molar-refractivity contribution in [1.82, 2.24) is 10.2 Å². The minimum atomic E-state index is -0.908. The molecule has 1 atom stereocenters. The van der Waals surface area contributed by atoms with Crippen LogP contribution in [0.1, 0.15) is 25.8 Å². The zero-order valence-electron chi connectivity index (χ0n) is 13.4. The molecule has 0 radical (unpaired) electrons. The van der Waals surface area contributed by atoms with E-state index in [1.54, 1.807) is 14.0 Å². The number of aliphatic carboxylic acids is 1. The standard InChI is InChI=1S/C16H25N3O3/c1-4-9-17-14-7-5-13(6-8-14)10-18-16(22)19(3)11-12(2)15(20)21/h5-8,12,17H,4,9-11H2,1-3H3,(H,18,22)(H,20,21). The van der Waals surface area contributed by atoms with Crippen molar-refractivity contribution in [2.24, 2.45) is 5.92 Å². The Hall–Kier alpha value is -2.24. The Labute approximate surface area is 131 Å². The van der Waals surface area contributed by atoms with Gasteiger partial charge in [0, 0.05) is 32.4 Å². The van der Waals surface area contributed by atoms with Crippen LogP contribution in [0.15, 0.2) is 24.3 Å². The highest BCUT2D eigenvalue weighted by Gasteiger charge is 2.16. The maximum Gasteiger partial charge on any atom is 0.317 e. The summed E-state index contributed by atoms with van der Waals surface area (Å²) in [5.41, 5.74) is 2.06. The van der Waals surface area contributed by atoms with Gasteiger partial charge in [-0.3, -0.25) is 4.79 Å². The molecule has 0 aromatic heterocycles. The zero-order valence-corrected chi connectivity index (χ0v) is 13.4. The van der Waals surface area contributed by atoms with Gasteiger partial charge in [0.2, 0.25) is 0 Å². The van der Waals surface area contributed by atoms with Crippen molar-refractivity contribution in [1.29, 1.82) is 0 Å². The van der Waals surface area contributed by atoms with Gasteiger partial charge in [-0.2, -0.15) is 0 Å². The third kappa shape index (κ3) is 6.03. The first kappa shape index (κ1) is 17.8. The second-order valence-electron chi connectivity index (χ2n) is 5.40. The minimum absolute atomic E-state index is 0.182. The summed E-state index contributed by atoms with van der Waals surface area (Å²) in [4.78, 5) is 24.1. The molecule has 0 fully saturated rings. The number of benzene rings is 1. The molecule has 22 heavy (non-hydrogen) atoms. The average Bonchev–Trinajstić information content (AvgIpc) is 2.51. The summed E-state index contributed by atoms with van der Waals surface area (Å²) in [5, 5.41) is 14.9. The normalized spacial score (nSPS) is 11.6. The van der Waals surface area contributed by atoms with Crippen LogP contribution in [0, 0.1) is 5.92 Å². The van der Waals surface area contributed by atoms with Gasteiger partial charge in [0.15, 0.2) is 0 Å². The van der Waals surface area contributed by atoms with Crippen LogP contribution in [-0.4, -0.2) is 42.1 Å². The molecule has 1 aromatic carbocycles. The highest BCUT2D eigenvalue weighted by atomic mass is 16.4. The lowest BCUT2D eigenvalue weighted by Gasteiger charge is -2.20. The second kappa shape index (κ2) is 8.92. The van der Waals surface area contributed by atoms with E-state index in [1.807, 2.05) is 24.3 Å². The van der Waals surface area contributed by atoms with Gasteiger partial charge in [-0.15, -0.1) is 0 Å². The van der Waals surface area contributed by atoms with Crippen LogP contribution >= 0.6 is 0 Å². The molecule has 1 unspecified atom stereocenters. The Morgan fingerprint density at radius 3 is 2.45 bits per heavy atom. The van der Waals surface area contributed by atoms with E-state index in [-0.39, 0.29) is 12.6 Å². The Kier molecular flexibility index (Phi) is 7.22. The van der Waals surface area contributed by atoms with Gasteiger partial charge in [-0.05, 0) is 24.1 Å². The number of rotatable bonds is 8. The number of carbonyl (C=O) groups excluding carboxylic acids is 1. The largest absolute Gasteiger partial charge is 0.481 e. The first-order valence-electron chi connectivity index (χ1n) is 7.48. The molecular weight excluding hydrogens is 282 g/mol. The Bertz CT molecular complexity index is 488. The van der Waals surface area contributed by atoms with Crippen LogP contribution in [-0.2, 0) is 11.3 Å². The van der Waals surface area contributed by atoms with Gasteiger partial charge in [-0.25, -0.2) is 4.79 Å². The van der Waals surface area contributed by atoms with Crippen molar-refractivity contribution >= 4 is 17.7 Å². The molecule has 2 amide bonds. The van der Waals surface area contributed by atoms with E-state index in [1.165, 1.54) is 4.90 Å². The monoisotopic (exact) mass is 307 g/mol. The van der Waals surface area contributed by atoms with Crippen LogP contribution < -0.4 is 10.6 Å². The predicted octanol–water partition coefficient (Wildman–Crippen LogP) is 2.37. The lowest BCUT2D eigenvalue weighted by molar-refractivity contribution is -0.141. The van der Waals surface area contributed by atoms with Crippen molar-refractivity contribution in [3.63, 3.8) is 0 Å². The number of nitrogens with one attached hydrogen (secondary N) is 2. The number of urea groups is 1.